The van der Waals surface area contributed by atoms with Crippen LogP contribution in [0.2, 0.25) is 0 Å². The van der Waals surface area contributed by atoms with Crippen molar-refractivity contribution in [1.82, 2.24) is 0 Å². The molecule has 0 spiro atoms. The minimum atomic E-state index is 0.203. The second kappa shape index (κ2) is 4.77. The number of ether oxygens (including phenoxy) is 1. The largest absolute Gasteiger partial charge is 0.396 e. The lowest BCUT2D eigenvalue weighted by Crippen LogP contribution is -2.01. The zero-order chi connectivity index (χ0) is 10.7. The highest BCUT2D eigenvalue weighted by atomic mass is 16.5. The Bertz CT molecular complexity index is 316. The normalized spacial score (nSPS) is 22.9. The standard InChI is InChI=1S/C13H18O2/c1-10(9-14)11-4-2-5-12(8-11)13-6-3-7-15-13/h2,4-5,8,10,13-14H,3,6-7,9H2,1H3/t10-,13?/m1/s1. The Morgan fingerprint density at radius 1 is 1.53 bits per heavy atom. The number of benzene rings is 1. The van der Waals surface area contributed by atoms with Gasteiger partial charge in [0.25, 0.3) is 0 Å². The maximum atomic E-state index is 9.11. The lowest BCUT2D eigenvalue weighted by Gasteiger charge is -2.13. The first-order chi connectivity index (χ1) is 7.31. The average Bonchev–Trinajstić information content (AvgIpc) is 2.82. The molecule has 1 aromatic carbocycles. The Morgan fingerprint density at radius 3 is 3.07 bits per heavy atom. The number of hydrogen-bond donors (Lipinski definition) is 1. The highest BCUT2D eigenvalue weighted by Gasteiger charge is 2.18. The number of hydrogen-bond acceptors (Lipinski definition) is 2. The molecule has 0 amide bonds. The van der Waals surface area contributed by atoms with Crippen molar-refractivity contribution in [1.29, 1.82) is 0 Å². The van der Waals surface area contributed by atoms with Crippen molar-refractivity contribution in [3.8, 4) is 0 Å². The van der Waals surface area contributed by atoms with Crippen LogP contribution in [-0.2, 0) is 4.74 Å². The van der Waals surface area contributed by atoms with Gasteiger partial charge in [-0.1, -0.05) is 31.2 Å². The van der Waals surface area contributed by atoms with Gasteiger partial charge in [-0.15, -0.1) is 0 Å². The van der Waals surface area contributed by atoms with Crippen LogP contribution in [0.4, 0.5) is 0 Å². The van der Waals surface area contributed by atoms with E-state index in [-0.39, 0.29) is 18.6 Å². The Morgan fingerprint density at radius 2 is 2.40 bits per heavy atom. The Labute approximate surface area is 90.9 Å². The van der Waals surface area contributed by atoms with Gasteiger partial charge in [0, 0.05) is 19.1 Å². The summed E-state index contributed by atoms with van der Waals surface area (Å²) >= 11 is 0. The molecular formula is C13H18O2. The summed E-state index contributed by atoms with van der Waals surface area (Å²) in [5.74, 6) is 0.214. The van der Waals surface area contributed by atoms with Crippen LogP contribution in [-0.4, -0.2) is 18.3 Å². The van der Waals surface area contributed by atoms with Gasteiger partial charge >= 0.3 is 0 Å². The Balaban J connectivity index is 2.18. The summed E-state index contributed by atoms with van der Waals surface area (Å²) in [4.78, 5) is 0. The molecule has 1 aliphatic heterocycles. The zero-order valence-corrected chi connectivity index (χ0v) is 9.15. The minimum Gasteiger partial charge on any atom is -0.396 e. The summed E-state index contributed by atoms with van der Waals surface area (Å²) < 4.78 is 5.64. The molecule has 2 nitrogen and oxygen atoms in total. The molecule has 1 heterocycles. The second-order valence-electron chi connectivity index (χ2n) is 4.26. The fraction of sp³-hybridized carbons (Fsp3) is 0.538. The molecule has 15 heavy (non-hydrogen) atoms. The van der Waals surface area contributed by atoms with Crippen molar-refractivity contribution >= 4 is 0 Å². The summed E-state index contributed by atoms with van der Waals surface area (Å²) in [5, 5.41) is 9.11. The molecule has 2 rings (SSSR count). The van der Waals surface area contributed by atoms with E-state index in [1.807, 2.05) is 6.92 Å². The molecule has 0 aliphatic carbocycles. The fourth-order valence-corrected chi connectivity index (χ4v) is 2.01. The molecule has 82 valence electrons. The van der Waals surface area contributed by atoms with E-state index in [2.05, 4.69) is 24.3 Å². The summed E-state index contributed by atoms with van der Waals surface area (Å²) in [5.41, 5.74) is 2.45. The molecule has 0 bridgehead atoms. The van der Waals surface area contributed by atoms with E-state index in [4.69, 9.17) is 9.84 Å². The van der Waals surface area contributed by atoms with Gasteiger partial charge in [0.05, 0.1) is 6.10 Å². The predicted molar refractivity (Wildman–Crippen MR) is 59.9 cm³/mol. The molecule has 1 fully saturated rings. The molecule has 0 aromatic heterocycles. The smallest absolute Gasteiger partial charge is 0.0825 e. The molecule has 0 radical (unpaired) electrons. The maximum absolute atomic E-state index is 9.11. The van der Waals surface area contributed by atoms with Crippen LogP contribution in [0, 0.1) is 0 Å². The first kappa shape index (κ1) is 10.7. The lowest BCUT2D eigenvalue weighted by molar-refractivity contribution is 0.112. The highest BCUT2D eigenvalue weighted by molar-refractivity contribution is 5.28. The third-order valence-electron chi connectivity index (χ3n) is 3.06. The molecule has 1 unspecified atom stereocenters. The zero-order valence-electron chi connectivity index (χ0n) is 9.15. The van der Waals surface area contributed by atoms with Gasteiger partial charge in [-0.05, 0) is 24.0 Å². The molecular weight excluding hydrogens is 188 g/mol. The first-order valence-electron chi connectivity index (χ1n) is 5.63. The number of aliphatic hydroxyl groups is 1. The molecule has 1 aliphatic rings. The highest BCUT2D eigenvalue weighted by Crippen LogP contribution is 2.30. The van der Waals surface area contributed by atoms with Crippen molar-refractivity contribution in [2.24, 2.45) is 0 Å². The molecule has 2 heteroatoms. The summed E-state index contributed by atoms with van der Waals surface area (Å²) in [6.07, 6.45) is 2.55. The van der Waals surface area contributed by atoms with Crippen LogP contribution >= 0.6 is 0 Å². The van der Waals surface area contributed by atoms with Gasteiger partial charge in [-0.3, -0.25) is 0 Å². The van der Waals surface area contributed by atoms with Crippen LogP contribution in [0.25, 0.3) is 0 Å². The van der Waals surface area contributed by atoms with Crippen LogP contribution in [0.5, 0.6) is 0 Å². The van der Waals surface area contributed by atoms with Crippen molar-refractivity contribution in [2.45, 2.75) is 31.8 Å². The van der Waals surface area contributed by atoms with Crippen LogP contribution in [0.15, 0.2) is 24.3 Å². The predicted octanol–water partition coefficient (Wildman–Crippen LogP) is 2.63. The third kappa shape index (κ3) is 2.39. The Kier molecular flexibility index (Phi) is 3.39. The monoisotopic (exact) mass is 206 g/mol. The van der Waals surface area contributed by atoms with E-state index in [9.17, 15) is 0 Å². The van der Waals surface area contributed by atoms with Gasteiger partial charge in [-0.2, -0.15) is 0 Å². The van der Waals surface area contributed by atoms with Crippen molar-refractivity contribution in [3.05, 3.63) is 35.4 Å². The van der Waals surface area contributed by atoms with Crippen molar-refractivity contribution < 1.29 is 9.84 Å². The topological polar surface area (TPSA) is 29.5 Å². The van der Waals surface area contributed by atoms with E-state index >= 15 is 0 Å². The molecule has 1 N–H and O–H groups in total. The van der Waals surface area contributed by atoms with Crippen LogP contribution < -0.4 is 0 Å². The molecule has 0 saturated carbocycles. The van der Waals surface area contributed by atoms with Gasteiger partial charge < -0.3 is 9.84 Å². The maximum Gasteiger partial charge on any atom is 0.0825 e. The molecule has 1 saturated heterocycles. The number of rotatable bonds is 3. The molecule has 2 atom stereocenters. The van der Waals surface area contributed by atoms with Crippen LogP contribution in [0.3, 0.4) is 0 Å². The Hall–Kier alpha value is -0.860. The summed E-state index contributed by atoms with van der Waals surface area (Å²) in [6.45, 7) is 3.12. The summed E-state index contributed by atoms with van der Waals surface area (Å²) in [7, 11) is 0. The van der Waals surface area contributed by atoms with Gasteiger partial charge in [0.2, 0.25) is 0 Å². The van der Waals surface area contributed by atoms with Crippen molar-refractivity contribution in [2.75, 3.05) is 13.2 Å². The third-order valence-corrected chi connectivity index (χ3v) is 3.06. The van der Waals surface area contributed by atoms with E-state index < -0.39 is 0 Å². The fourth-order valence-electron chi connectivity index (χ4n) is 2.01. The van der Waals surface area contributed by atoms with Crippen LogP contribution in [0.1, 0.15) is 42.9 Å². The van der Waals surface area contributed by atoms with Crippen molar-refractivity contribution in [3.63, 3.8) is 0 Å². The lowest BCUT2D eigenvalue weighted by atomic mass is 9.97. The summed E-state index contributed by atoms with van der Waals surface area (Å²) in [6, 6.07) is 8.40. The van der Waals surface area contributed by atoms with E-state index in [1.54, 1.807) is 0 Å². The first-order valence-corrected chi connectivity index (χ1v) is 5.63. The molecule has 1 aromatic rings. The van der Waals surface area contributed by atoms with Gasteiger partial charge in [-0.25, -0.2) is 0 Å². The van der Waals surface area contributed by atoms with E-state index in [1.165, 1.54) is 11.1 Å². The van der Waals surface area contributed by atoms with Gasteiger partial charge in [0.15, 0.2) is 0 Å². The van der Waals surface area contributed by atoms with Gasteiger partial charge in [0.1, 0.15) is 0 Å². The van der Waals surface area contributed by atoms with E-state index in [0.717, 1.165) is 19.4 Å². The quantitative estimate of drug-likeness (QED) is 0.823. The minimum absolute atomic E-state index is 0.203. The SMILES string of the molecule is C[C@H](CO)c1cccc(C2CCCO2)c1. The number of aliphatic hydroxyl groups excluding tert-OH is 1. The van der Waals surface area contributed by atoms with E-state index in [0.29, 0.717) is 0 Å². The second-order valence-corrected chi connectivity index (χ2v) is 4.26. The average molecular weight is 206 g/mol.